The van der Waals surface area contributed by atoms with Gasteiger partial charge < -0.3 is 5.73 Å². The molecule has 0 aromatic heterocycles. The molecule has 0 aliphatic carbocycles. The Balaban J connectivity index is 0.00000289. The van der Waals surface area contributed by atoms with E-state index in [4.69, 9.17) is 5.73 Å². The zero-order valence-corrected chi connectivity index (χ0v) is 11.9. The minimum Gasteiger partial charge on any atom is -0.324 e. The highest BCUT2D eigenvalue weighted by Gasteiger charge is 2.09. The van der Waals surface area contributed by atoms with Crippen molar-refractivity contribution in [2.24, 2.45) is 5.73 Å². The van der Waals surface area contributed by atoms with Crippen LogP contribution in [0.5, 0.6) is 0 Å². The van der Waals surface area contributed by atoms with Gasteiger partial charge in [0.2, 0.25) is 0 Å². The zero-order valence-electron chi connectivity index (χ0n) is 10.2. The summed E-state index contributed by atoms with van der Waals surface area (Å²) in [7, 11) is -3.38. The molecule has 0 fully saturated rings. The molecule has 0 heterocycles. The van der Waals surface area contributed by atoms with Crippen LogP contribution in [-0.4, -0.2) is 14.5 Å². The van der Waals surface area contributed by atoms with Crippen molar-refractivity contribution < 1.29 is 8.42 Å². The Morgan fingerprint density at radius 3 is 2.44 bits per heavy atom. The van der Waals surface area contributed by atoms with E-state index in [1.165, 1.54) is 6.08 Å². The predicted octanol–water partition coefficient (Wildman–Crippen LogP) is 2.69. The van der Waals surface area contributed by atoms with Gasteiger partial charge >= 0.3 is 0 Å². The quantitative estimate of drug-likeness (QED) is 0.847. The highest BCUT2D eigenvalue weighted by Crippen LogP contribution is 2.12. The molecule has 5 heteroatoms. The van der Waals surface area contributed by atoms with E-state index in [-0.39, 0.29) is 23.3 Å². The zero-order chi connectivity index (χ0) is 12.9. The van der Waals surface area contributed by atoms with Crippen molar-refractivity contribution in [1.29, 1.82) is 0 Å². The van der Waals surface area contributed by atoms with Crippen molar-refractivity contribution in [3.05, 3.63) is 54.0 Å². The van der Waals surface area contributed by atoms with Crippen LogP contribution in [0.15, 0.2) is 58.9 Å². The van der Waals surface area contributed by atoms with Gasteiger partial charge in [-0.25, -0.2) is 8.42 Å². The topological polar surface area (TPSA) is 60.2 Å². The van der Waals surface area contributed by atoms with Crippen LogP contribution in [0, 0.1) is 0 Å². The summed E-state index contributed by atoms with van der Waals surface area (Å²) in [6.45, 7) is 5.59. The van der Waals surface area contributed by atoms with Gasteiger partial charge in [0, 0.05) is 11.4 Å². The van der Waals surface area contributed by atoms with Gasteiger partial charge in [0.15, 0.2) is 9.84 Å². The SMILES string of the molecule is C=C(C)CC(N)/C=C/S(=O)(=O)c1ccccc1.Cl. The van der Waals surface area contributed by atoms with Crippen molar-refractivity contribution in [2.75, 3.05) is 0 Å². The molecule has 0 bridgehead atoms. The Bertz CT molecular complexity index is 509. The van der Waals surface area contributed by atoms with E-state index < -0.39 is 9.84 Å². The first kappa shape index (κ1) is 16.9. The van der Waals surface area contributed by atoms with Crippen LogP contribution < -0.4 is 5.73 Å². The van der Waals surface area contributed by atoms with E-state index in [9.17, 15) is 8.42 Å². The van der Waals surface area contributed by atoms with Crippen molar-refractivity contribution in [2.45, 2.75) is 24.3 Å². The Hall–Kier alpha value is -1.10. The van der Waals surface area contributed by atoms with Crippen LogP contribution in [0.1, 0.15) is 13.3 Å². The third-order valence-electron chi connectivity index (χ3n) is 2.16. The molecule has 1 rings (SSSR count). The molecule has 0 aliphatic rings. The number of hydrogen-bond acceptors (Lipinski definition) is 3. The van der Waals surface area contributed by atoms with E-state index in [0.717, 1.165) is 11.0 Å². The Morgan fingerprint density at radius 2 is 1.94 bits per heavy atom. The van der Waals surface area contributed by atoms with Crippen molar-refractivity contribution in [3.63, 3.8) is 0 Å². The monoisotopic (exact) mass is 287 g/mol. The van der Waals surface area contributed by atoms with E-state index in [1.54, 1.807) is 30.3 Å². The van der Waals surface area contributed by atoms with E-state index in [1.807, 2.05) is 6.92 Å². The Kier molecular flexibility index (Phi) is 6.91. The molecule has 1 atom stereocenters. The normalized spacial score (nSPS) is 13.0. The number of rotatable bonds is 5. The molecule has 1 aromatic carbocycles. The largest absolute Gasteiger partial charge is 0.324 e. The maximum absolute atomic E-state index is 11.9. The van der Waals surface area contributed by atoms with Gasteiger partial charge in [0.1, 0.15) is 0 Å². The number of nitrogens with two attached hydrogens (primary N) is 1. The van der Waals surface area contributed by atoms with Crippen LogP contribution in [0.2, 0.25) is 0 Å². The second-order valence-corrected chi connectivity index (χ2v) is 5.85. The van der Waals surface area contributed by atoms with E-state index >= 15 is 0 Å². The first-order valence-corrected chi connectivity index (χ1v) is 6.85. The third-order valence-corrected chi connectivity index (χ3v) is 3.61. The van der Waals surface area contributed by atoms with Crippen LogP contribution in [0.3, 0.4) is 0 Å². The minimum atomic E-state index is -3.38. The van der Waals surface area contributed by atoms with Gasteiger partial charge in [0.25, 0.3) is 0 Å². The van der Waals surface area contributed by atoms with E-state index in [0.29, 0.717) is 6.42 Å². The summed E-state index contributed by atoms with van der Waals surface area (Å²) < 4.78 is 23.7. The summed E-state index contributed by atoms with van der Waals surface area (Å²) in [6.07, 6.45) is 2.08. The molecule has 1 aromatic rings. The molecular weight excluding hydrogens is 270 g/mol. The predicted molar refractivity (Wildman–Crippen MR) is 77.4 cm³/mol. The van der Waals surface area contributed by atoms with Crippen molar-refractivity contribution in [1.82, 2.24) is 0 Å². The van der Waals surface area contributed by atoms with Crippen LogP contribution >= 0.6 is 12.4 Å². The lowest BCUT2D eigenvalue weighted by Gasteiger charge is -2.05. The summed E-state index contributed by atoms with van der Waals surface area (Å²) in [5, 5.41) is 1.16. The molecule has 0 radical (unpaired) electrons. The molecule has 0 aliphatic heterocycles. The van der Waals surface area contributed by atoms with Gasteiger partial charge in [0.05, 0.1) is 4.90 Å². The lowest BCUT2D eigenvalue weighted by molar-refractivity contribution is 0.604. The maximum atomic E-state index is 11.9. The molecular formula is C13H18ClNO2S. The molecule has 2 N–H and O–H groups in total. The Labute approximate surface area is 115 Å². The van der Waals surface area contributed by atoms with Gasteiger partial charge in [-0.2, -0.15) is 0 Å². The van der Waals surface area contributed by atoms with Gasteiger partial charge in [-0.1, -0.05) is 29.8 Å². The van der Waals surface area contributed by atoms with Crippen molar-refractivity contribution in [3.8, 4) is 0 Å². The van der Waals surface area contributed by atoms with Crippen LogP contribution in [0.4, 0.5) is 0 Å². The summed E-state index contributed by atoms with van der Waals surface area (Å²) in [5.41, 5.74) is 6.68. The number of sulfone groups is 1. The number of hydrogen-bond donors (Lipinski definition) is 1. The fourth-order valence-electron chi connectivity index (χ4n) is 1.36. The summed E-state index contributed by atoms with van der Waals surface area (Å²) >= 11 is 0. The first-order valence-electron chi connectivity index (χ1n) is 5.30. The smallest absolute Gasteiger partial charge is 0.199 e. The highest BCUT2D eigenvalue weighted by atomic mass is 35.5. The summed E-state index contributed by atoms with van der Waals surface area (Å²) in [6, 6.07) is 7.96. The van der Waals surface area contributed by atoms with Gasteiger partial charge in [-0.3, -0.25) is 0 Å². The van der Waals surface area contributed by atoms with Crippen molar-refractivity contribution >= 4 is 22.2 Å². The van der Waals surface area contributed by atoms with Gasteiger partial charge in [-0.05, 0) is 25.5 Å². The van der Waals surface area contributed by atoms with Crippen LogP contribution in [-0.2, 0) is 9.84 Å². The first-order chi connectivity index (χ1) is 7.92. The van der Waals surface area contributed by atoms with E-state index in [2.05, 4.69) is 6.58 Å². The molecule has 100 valence electrons. The number of halogens is 1. The molecule has 0 saturated heterocycles. The molecule has 0 spiro atoms. The third kappa shape index (κ3) is 5.49. The van der Waals surface area contributed by atoms with Crippen LogP contribution in [0.25, 0.3) is 0 Å². The molecule has 0 saturated carbocycles. The lowest BCUT2D eigenvalue weighted by atomic mass is 10.1. The number of benzene rings is 1. The maximum Gasteiger partial charge on any atom is 0.199 e. The standard InChI is InChI=1S/C13H17NO2S.ClH/c1-11(2)10-12(14)8-9-17(15,16)13-6-4-3-5-7-13;/h3-9,12H,1,10,14H2,2H3;1H/b9-8+;. The molecule has 1 unspecified atom stereocenters. The molecule has 0 amide bonds. The lowest BCUT2D eigenvalue weighted by Crippen LogP contribution is -2.17. The molecule has 18 heavy (non-hydrogen) atoms. The van der Waals surface area contributed by atoms with Gasteiger partial charge in [-0.15, -0.1) is 19.0 Å². The fraction of sp³-hybridized carbons (Fsp3) is 0.231. The second-order valence-electron chi connectivity index (χ2n) is 4.01. The summed E-state index contributed by atoms with van der Waals surface area (Å²) in [4.78, 5) is 0.277. The fourth-order valence-corrected chi connectivity index (χ4v) is 2.47. The average Bonchev–Trinajstić information content (AvgIpc) is 2.27. The average molecular weight is 288 g/mol. The Morgan fingerprint density at radius 1 is 1.39 bits per heavy atom. The minimum absolute atomic E-state index is 0. The second kappa shape index (κ2) is 7.36. The molecule has 3 nitrogen and oxygen atoms in total. The summed E-state index contributed by atoms with van der Waals surface area (Å²) in [5.74, 6) is 0. The highest BCUT2D eigenvalue weighted by molar-refractivity contribution is 7.94.